The van der Waals surface area contributed by atoms with E-state index in [9.17, 15) is 8.42 Å². The van der Waals surface area contributed by atoms with Crippen LogP contribution in [0.1, 0.15) is 51.1 Å². The first-order chi connectivity index (χ1) is 9.36. The Kier molecular flexibility index (Phi) is 4.83. The lowest BCUT2D eigenvalue weighted by Gasteiger charge is -2.30. The predicted molar refractivity (Wildman–Crippen MR) is 80.8 cm³/mol. The van der Waals surface area contributed by atoms with Crippen LogP contribution in [0.2, 0.25) is 0 Å². The zero-order chi connectivity index (χ0) is 14.8. The molecule has 20 heavy (non-hydrogen) atoms. The molecule has 0 aliphatic heterocycles. The summed E-state index contributed by atoms with van der Waals surface area (Å²) in [5.41, 5.74) is 1.09. The Morgan fingerprint density at radius 2 is 1.90 bits per heavy atom. The lowest BCUT2D eigenvalue weighted by molar-refractivity contribution is 0.285. The molecule has 0 spiro atoms. The van der Waals surface area contributed by atoms with Crippen molar-refractivity contribution in [3.05, 3.63) is 29.8 Å². The molecular weight excluding hydrogens is 272 g/mol. The number of nitrogens with one attached hydrogen (secondary N) is 1. The number of hydrogen-bond acceptors (Lipinski definition) is 3. The van der Waals surface area contributed by atoms with Crippen LogP contribution >= 0.6 is 0 Å². The van der Waals surface area contributed by atoms with Gasteiger partial charge in [0.05, 0.1) is 4.90 Å². The van der Waals surface area contributed by atoms with Crippen molar-refractivity contribution in [2.45, 2.75) is 56.5 Å². The monoisotopic (exact) mass is 296 g/mol. The molecule has 112 valence electrons. The number of rotatable bonds is 4. The molecule has 0 amide bonds. The minimum Gasteiger partial charge on any atom is -0.307 e. The summed E-state index contributed by atoms with van der Waals surface area (Å²) in [6.45, 7) is 4.42. The van der Waals surface area contributed by atoms with E-state index in [2.05, 4.69) is 19.2 Å². The maximum absolute atomic E-state index is 11.2. The van der Waals surface area contributed by atoms with Gasteiger partial charge in [0.15, 0.2) is 0 Å². The zero-order valence-corrected chi connectivity index (χ0v) is 13.0. The second-order valence-electron chi connectivity index (χ2n) is 5.97. The highest BCUT2D eigenvalue weighted by Gasteiger charge is 2.20. The summed E-state index contributed by atoms with van der Waals surface area (Å²) in [6, 6.07) is 7.61. The van der Waals surface area contributed by atoms with E-state index in [1.54, 1.807) is 12.1 Å². The Bertz CT molecular complexity index is 539. The van der Waals surface area contributed by atoms with Crippen molar-refractivity contribution in [1.29, 1.82) is 0 Å². The smallest absolute Gasteiger partial charge is 0.238 e. The Hall–Kier alpha value is -0.910. The summed E-state index contributed by atoms with van der Waals surface area (Å²) < 4.78 is 22.5. The van der Waals surface area contributed by atoms with Gasteiger partial charge in [-0.25, -0.2) is 13.6 Å². The summed E-state index contributed by atoms with van der Waals surface area (Å²) in [5.74, 6) is 0.790. The highest BCUT2D eigenvalue weighted by molar-refractivity contribution is 7.89. The third kappa shape index (κ3) is 4.04. The van der Waals surface area contributed by atoms with Gasteiger partial charge in [0.2, 0.25) is 10.0 Å². The van der Waals surface area contributed by atoms with E-state index >= 15 is 0 Å². The van der Waals surface area contributed by atoms with Crippen LogP contribution in [-0.4, -0.2) is 14.5 Å². The van der Waals surface area contributed by atoms with Crippen LogP contribution in [0, 0.1) is 5.92 Å². The van der Waals surface area contributed by atoms with E-state index < -0.39 is 10.0 Å². The maximum Gasteiger partial charge on any atom is 0.238 e. The zero-order valence-electron chi connectivity index (χ0n) is 12.2. The standard InChI is InChI=1S/C15H24N2O2S/c1-11-4-3-5-14(10-11)17-12(2)13-6-8-15(9-7-13)20(16,18)19/h6-9,11-12,14,17H,3-5,10H2,1-2H3,(H2,16,18,19). The van der Waals surface area contributed by atoms with Crippen molar-refractivity contribution in [3.63, 3.8) is 0 Å². The van der Waals surface area contributed by atoms with Gasteiger partial charge in [-0.1, -0.05) is 31.9 Å². The van der Waals surface area contributed by atoms with Crippen molar-refractivity contribution < 1.29 is 8.42 Å². The minimum absolute atomic E-state index is 0.166. The first kappa shape index (κ1) is 15.5. The molecule has 1 aromatic carbocycles. The van der Waals surface area contributed by atoms with Crippen LogP contribution in [0.25, 0.3) is 0 Å². The molecule has 1 aliphatic rings. The topological polar surface area (TPSA) is 72.2 Å². The fourth-order valence-corrected chi connectivity index (χ4v) is 3.50. The van der Waals surface area contributed by atoms with Crippen molar-refractivity contribution in [3.8, 4) is 0 Å². The quantitative estimate of drug-likeness (QED) is 0.897. The van der Waals surface area contributed by atoms with Gasteiger partial charge in [-0.3, -0.25) is 0 Å². The molecule has 3 atom stereocenters. The molecule has 0 aromatic heterocycles. The average molecular weight is 296 g/mol. The van der Waals surface area contributed by atoms with Crippen molar-refractivity contribution in [2.24, 2.45) is 11.1 Å². The summed E-state index contributed by atoms with van der Waals surface area (Å²) >= 11 is 0. The average Bonchev–Trinajstić information content (AvgIpc) is 2.38. The highest BCUT2D eigenvalue weighted by Crippen LogP contribution is 2.26. The first-order valence-electron chi connectivity index (χ1n) is 7.25. The molecular formula is C15H24N2O2S. The molecule has 3 unspecified atom stereocenters. The predicted octanol–water partition coefficient (Wildman–Crippen LogP) is 2.56. The van der Waals surface area contributed by atoms with E-state index in [4.69, 9.17) is 5.14 Å². The second kappa shape index (κ2) is 6.24. The van der Waals surface area contributed by atoms with Crippen molar-refractivity contribution >= 4 is 10.0 Å². The van der Waals surface area contributed by atoms with Gasteiger partial charge in [-0.05, 0) is 43.4 Å². The fourth-order valence-electron chi connectivity index (χ4n) is 2.98. The van der Waals surface area contributed by atoms with Gasteiger partial charge in [0.25, 0.3) is 0 Å². The summed E-state index contributed by atoms with van der Waals surface area (Å²) in [5, 5.41) is 8.75. The first-order valence-corrected chi connectivity index (χ1v) is 8.79. The molecule has 5 heteroatoms. The lowest BCUT2D eigenvalue weighted by Crippen LogP contribution is -2.35. The van der Waals surface area contributed by atoms with E-state index in [0.717, 1.165) is 11.5 Å². The molecule has 4 nitrogen and oxygen atoms in total. The molecule has 1 aliphatic carbocycles. The van der Waals surface area contributed by atoms with Gasteiger partial charge < -0.3 is 5.32 Å². The Labute approximate surface area is 121 Å². The normalized spacial score (nSPS) is 25.4. The van der Waals surface area contributed by atoms with Crippen LogP contribution < -0.4 is 10.5 Å². The Balaban J connectivity index is 2.00. The van der Waals surface area contributed by atoms with Crippen LogP contribution in [-0.2, 0) is 10.0 Å². The Morgan fingerprint density at radius 3 is 2.45 bits per heavy atom. The SMILES string of the molecule is CC1CCCC(NC(C)c2ccc(S(N)(=O)=O)cc2)C1. The van der Waals surface area contributed by atoms with Crippen molar-refractivity contribution in [1.82, 2.24) is 5.32 Å². The van der Waals surface area contributed by atoms with E-state index in [0.29, 0.717) is 6.04 Å². The lowest BCUT2D eigenvalue weighted by atomic mass is 9.86. The van der Waals surface area contributed by atoms with Gasteiger partial charge in [-0.15, -0.1) is 0 Å². The number of benzene rings is 1. The molecule has 3 N–H and O–H groups in total. The molecule has 0 bridgehead atoms. The van der Waals surface area contributed by atoms with Crippen LogP contribution in [0.5, 0.6) is 0 Å². The number of sulfonamides is 1. The summed E-state index contributed by atoms with van der Waals surface area (Å²) in [7, 11) is -3.60. The molecule has 0 radical (unpaired) electrons. The summed E-state index contributed by atoms with van der Waals surface area (Å²) in [6.07, 6.45) is 5.06. The number of hydrogen-bond donors (Lipinski definition) is 2. The van der Waals surface area contributed by atoms with Gasteiger partial charge in [0.1, 0.15) is 0 Å². The molecule has 1 aromatic rings. The van der Waals surface area contributed by atoms with E-state index in [-0.39, 0.29) is 10.9 Å². The van der Waals surface area contributed by atoms with Crippen LogP contribution in [0.4, 0.5) is 0 Å². The fraction of sp³-hybridized carbons (Fsp3) is 0.600. The third-order valence-corrected chi connectivity index (χ3v) is 5.06. The molecule has 0 heterocycles. The minimum atomic E-state index is -3.60. The van der Waals surface area contributed by atoms with Gasteiger partial charge >= 0.3 is 0 Å². The second-order valence-corrected chi connectivity index (χ2v) is 7.53. The molecule has 1 saturated carbocycles. The van der Waals surface area contributed by atoms with E-state index in [1.807, 2.05) is 12.1 Å². The molecule has 2 rings (SSSR count). The van der Waals surface area contributed by atoms with Crippen LogP contribution in [0.3, 0.4) is 0 Å². The maximum atomic E-state index is 11.2. The Morgan fingerprint density at radius 1 is 1.25 bits per heavy atom. The third-order valence-electron chi connectivity index (χ3n) is 4.13. The number of nitrogens with two attached hydrogens (primary N) is 1. The largest absolute Gasteiger partial charge is 0.307 e. The van der Waals surface area contributed by atoms with Gasteiger partial charge in [0, 0.05) is 12.1 Å². The van der Waals surface area contributed by atoms with Crippen molar-refractivity contribution in [2.75, 3.05) is 0 Å². The van der Waals surface area contributed by atoms with Crippen LogP contribution in [0.15, 0.2) is 29.2 Å². The highest BCUT2D eigenvalue weighted by atomic mass is 32.2. The molecule has 0 saturated heterocycles. The molecule has 1 fully saturated rings. The summed E-state index contributed by atoms with van der Waals surface area (Å²) in [4.78, 5) is 0.166. The van der Waals surface area contributed by atoms with Gasteiger partial charge in [-0.2, -0.15) is 0 Å². The number of primary sulfonamides is 1. The van der Waals surface area contributed by atoms with E-state index in [1.165, 1.54) is 25.7 Å².